The van der Waals surface area contributed by atoms with Crippen molar-refractivity contribution in [3.63, 3.8) is 0 Å². The SMILES string of the molecule is O=NOn1ccnc1.[NaH]. The van der Waals surface area contributed by atoms with E-state index in [0.717, 1.165) is 4.73 Å². The van der Waals surface area contributed by atoms with E-state index in [9.17, 15) is 4.91 Å². The standard InChI is InChI=1S/C3H3N3O2.Na.H/c7-5-8-6-2-1-4-3-6;;/h1-3H;;. The Hall–Kier alpha value is -0.390. The first kappa shape index (κ1) is 8.61. The topological polar surface area (TPSA) is 56.5 Å². The second kappa shape index (κ2) is 4.49. The van der Waals surface area contributed by atoms with E-state index in [1.54, 1.807) is 0 Å². The molecule has 0 aromatic carbocycles. The molecule has 0 spiro atoms. The molecule has 0 radical (unpaired) electrons. The molecule has 0 aliphatic rings. The van der Waals surface area contributed by atoms with Crippen molar-refractivity contribution in [1.82, 2.24) is 9.71 Å². The Morgan fingerprint density at radius 2 is 2.44 bits per heavy atom. The number of rotatable bonds is 2. The van der Waals surface area contributed by atoms with Gasteiger partial charge in [0.25, 0.3) is 0 Å². The third kappa shape index (κ3) is 2.59. The monoisotopic (exact) mass is 137 g/mol. The van der Waals surface area contributed by atoms with Gasteiger partial charge in [-0.15, -0.1) is 9.64 Å². The molecular formula is C3H4N3NaO2. The summed E-state index contributed by atoms with van der Waals surface area (Å²) in [5.74, 6) is 0. The van der Waals surface area contributed by atoms with Gasteiger partial charge in [0.2, 0.25) is 0 Å². The molecule has 44 valence electrons. The number of hydrogen-bond acceptors (Lipinski definition) is 4. The number of imidazole rings is 1. The second-order valence-electron chi connectivity index (χ2n) is 1.08. The van der Waals surface area contributed by atoms with Crippen LogP contribution < -0.4 is 4.94 Å². The molecule has 5 nitrogen and oxygen atoms in total. The van der Waals surface area contributed by atoms with Crippen molar-refractivity contribution in [2.75, 3.05) is 0 Å². The van der Waals surface area contributed by atoms with E-state index in [2.05, 4.69) is 15.3 Å². The predicted molar refractivity (Wildman–Crippen MR) is 31.8 cm³/mol. The molecule has 0 bridgehead atoms. The first-order valence-corrected chi connectivity index (χ1v) is 1.91. The van der Waals surface area contributed by atoms with E-state index >= 15 is 0 Å². The van der Waals surface area contributed by atoms with Crippen molar-refractivity contribution in [3.8, 4) is 0 Å². The number of hydrogen-bond donors (Lipinski definition) is 0. The van der Waals surface area contributed by atoms with Gasteiger partial charge in [0.05, 0.1) is 6.20 Å². The van der Waals surface area contributed by atoms with Crippen molar-refractivity contribution in [3.05, 3.63) is 23.6 Å². The van der Waals surface area contributed by atoms with Gasteiger partial charge in [-0.1, -0.05) is 0 Å². The molecule has 1 aromatic heterocycles. The third-order valence-electron chi connectivity index (χ3n) is 0.608. The molecule has 0 N–H and O–H groups in total. The summed E-state index contributed by atoms with van der Waals surface area (Å²) < 4.78 is 1.09. The zero-order chi connectivity index (χ0) is 5.82. The summed E-state index contributed by atoms with van der Waals surface area (Å²) in [5, 5.41) is 2.15. The van der Waals surface area contributed by atoms with E-state index in [1.807, 2.05) is 0 Å². The van der Waals surface area contributed by atoms with E-state index in [-0.39, 0.29) is 29.6 Å². The van der Waals surface area contributed by atoms with Crippen molar-refractivity contribution in [2.24, 2.45) is 5.34 Å². The van der Waals surface area contributed by atoms with Crippen molar-refractivity contribution in [2.45, 2.75) is 0 Å². The molecule has 1 aromatic rings. The van der Waals surface area contributed by atoms with Gasteiger partial charge in [0.1, 0.15) is 6.33 Å². The van der Waals surface area contributed by atoms with Gasteiger partial charge in [-0.2, -0.15) is 0 Å². The van der Waals surface area contributed by atoms with Gasteiger partial charge in [0.15, 0.2) is 5.34 Å². The van der Waals surface area contributed by atoms with Gasteiger partial charge in [0, 0.05) is 6.20 Å². The molecular weight excluding hydrogens is 133 g/mol. The van der Waals surface area contributed by atoms with Crippen LogP contribution in [-0.2, 0) is 0 Å². The normalized spacial score (nSPS) is 7.56. The quantitative estimate of drug-likeness (QED) is 0.309. The predicted octanol–water partition coefficient (Wildman–Crippen LogP) is -0.655. The van der Waals surface area contributed by atoms with Crippen LogP contribution in [0, 0.1) is 4.91 Å². The average molecular weight is 137 g/mol. The molecule has 0 aliphatic carbocycles. The summed E-state index contributed by atoms with van der Waals surface area (Å²) in [6, 6.07) is 0. The molecule has 0 saturated carbocycles. The van der Waals surface area contributed by atoms with Crippen LogP contribution in [-0.4, -0.2) is 39.3 Å². The average Bonchev–Trinajstić information content (AvgIpc) is 2.19. The Balaban J connectivity index is 0.000000640. The molecule has 9 heavy (non-hydrogen) atoms. The van der Waals surface area contributed by atoms with E-state index < -0.39 is 0 Å². The Morgan fingerprint density at radius 3 is 2.89 bits per heavy atom. The molecule has 0 fully saturated rings. The van der Waals surface area contributed by atoms with Crippen molar-refractivity contribution >= 4 is 29.6 Å². The van der Waals surface area contributed by atoms with Crippen LogP contribution in [0.4, 0.5) is 0 Å². The van der Waals surface area contributed by atoms with Crippen LogP contribution in [0.3, 0.4) is 0 Å². The van der Waals surface area contributed by atoms with Crippen LogP contribution in [0.1, 0.15) is 0 Å². The fourth-order valence-corrected chi connectivity index (χ4v) is 0.334. The van der Waals surface area contributed by atoms with Crippen LogP contribution in [0.2, 0.25) is 0 Å². The van der Waals surface area contributed by atoms with Gasteiger partial charge in [-0.05, 0) is 0 Å². The Morgan fingerprint density at radius 1 is 1.67 bits per heavy atom. The van der Waals surface area contributed by atoms with Gasteiger partial charge < -0.3 is 0 Å². The summed E-state index contributed by atoms with van der Waals surface area (Å²) in [4.78, 5) is 17.0. The molecule has 0 amide bonds. The molecule has 1 heterocycles. The van der Waals surface area contributed by atoms with Crippen LogP contribution in [0.15, 0.2) is 24.1 Å². The second-order valence-corrected chi connectivity index (χ2v) is 1.08. The number of nitrogens with zero attached hydrogens (tertiary/aromatic N) is 3. The molecule has 0 aliphatic heterocycles. The number of aromatic nitrogens is 2. The Bertz CT molecular complexity index is 164. The fraction of sp³-hybridized carbons (Fsp3) is 0. The van der Waals surface area contributed by atoms with Crippen molar-refractivity contribution in [1.29, 1.82) is 0 Å². The Kier molecular flexibility index (Phi) is 4.29. The molecule has 0 atom stereocenters. The first-order valence-electron chi connectivity index (χ1n) is 1.91. The van der Waals surface area contributed by atoms with Gasteiger partial charge in [-0.3, -0.25) is 0 Å². The summed E-state index contributed by atoms with van der Waals surface area (Å²) >= 11 is 0. The molecule has 0 saturated heterocycles. The van der Waals surface area contributed by atoms with Crippen molar-refractivity contribution < 1.29 is 4.94 Å². The van der Waals surface area contributed by atoms with Crippen LogP contribution >= 0.6 is 0 Å². The zero-order valence-electron chi connectivity index (χ0n) is 3.89. The molecule has 1 rings (SSSR count). The molecule has 6 heteroatoms. The third-order valence-corrected chi connectivity index (χ3v) is 0.608. The first-order chi connectivity index (χ1) is 3.93. The maximum atomic E-state index is 9.35. The zero-order valence-corrected chi connectivity index (χ0v) is 3.89. The maximum absolute atomic E-state index is 9.35. The summed E-state index contributed by atoms with van der Waals surface area (Å²) in [7, 11) is 0. The van der Waals surface area contributed by atoms with Gasteiger partial charge >= 0.3 is 29.6 Å². The Labute approximate surface area is 73.2 Å². The van der Waals surface area contributed by atoms with E-state index in [0.29, 0.717) is 0 Å². The summed E-state index contributed by atoms with van der Waals surface area (Å²) in [6.07, 6.45) is 4.26. The molecule has 0 unspecified atom stereocenters. The minimum atomic E-state index is 0. The van der Waals surface area contributed by atoms with E-state index in [1.165, 1.54) is 18.7 Å². The minimum absolute atomic E-state index is 0. The van der Waals surface area contributed by atoms with E-state index in [4.69, 9.17) is 0 Å². The fourth-order valence-electron chi connectivity index (χ4n) is 0.334. The summed E-state index contributed by atoms with van der Waals surface area (Å²) in [5.41, 5.74) is 0. The summed E-state index contributed by atoms with van der Waals surface area (Å²) in [6.45, 7) is 0. The van der Waals surface area contributed by atoms with Gasteiger partial charge in [-0.25, -0.2) is 9.92 Å². The van der Waals surface area contributed by atoms with Crippen LogP contribution in [0.25, 0.3) is 0 Å². The van der Waals surface area contributed by atoms with Crippen LogP contribution in [0.5, 0.6) is 0 Å².